The summed E-state index contributed by atoms with van der Waals surface area (Å²) in [5.41, 5.74) is 1.21. The zero-order chi connectivity index (χ0) is 20.1. The number of alkyl halides is 2. The van der Waals surface area contributed by atoms with Gasteiger partial charge in [0.25, 0.3) is 0 Å². The smallest absolute Gasteiger partial charge is 0.387 e. The predicted molar refractivity (Wildman–Crippen MR) is 98.2 cm³/mol. The highest BCUT2D eigenvalue weighted by Crippen LogP contribution is 2.19. The first-order valence-electron chi connectivity index (χ1n) is 8.64. The van der Waals surface area contributed by atoms with Gasteiger partial charge in [-0.05, 0) is 42.3 Å². The molecule has 1 atom stereocenters. The molecule has 9 heteroatoms. The first-order chi connectivity index (χ1) is 13.4. The third kappa shape index (κ3) is 5.25. The molecule has 6 nitrogen and oxygen atoms in total. The quantitative estimate of drug-likeness (QED) is 0.763. The summed E-state index contributed by atoms with van der Waals surface area (Å²) >= 11 is 0. The molecule has 0 amide bonds. The lowest BCUT2D eigenvalue weighted by Gasteiger charge is -2.17. The summed E-state index contributed by atoms with van der Waals surface area (Å²) < 4.78 is 56.5. The van der Waals surface area contributed by atoms with Gasteiger partial charge < -0.3 is 4.74 Å². The molecule has 1 N–H and O–H groups in total. The first kappa shape index (κ1) is 20.2. The second-order valence-electron chi connectivity index (χ2n) is 6.50. The standard InChI is InChI=1S/C19H19F2N3O3S/c20-19(21)27-17-6-4-14(5-7-17)12-24-9-8-16(13-24)23-28(25,26)18-3-1-2-15(10-18)11-22/h1-7,10,16,19,23H,8-9,12-13H2/t16-/m1/s1. The van der Waals surface area contributed by atoms with Gasteiger partial charge in [-0.15, -0.1) is 0 Å². The number of nitrogens with zero attached hydrogens (tertiary/aromatic N) is 2. The predicted octanol–water partition coefficient (Wildman–Crippen LogP) is 2.71. The fourth-order valence-corrected chi connectivity index (χ4v) is 4.43. The second kappa shape index (κ2) is 8.65. The van der Waals surface area contributed by atoms with Crippen molar-refractivity contribution in [3.8, 4) is 11.8 Å². The van der Waals surface area contributed by atoms with E-state index in [1.807, 2.05) is 6.07 Å². The van der Waals surface area contributed by atoms with E-state index in [0.29, 0.717) is 26.1 Å². The fraction of sp³-hybridized carbons (Fsp3) is 0.316. The largest absolute Gasteiger partial charge is 0.435 e. The van der Waals surface area contributed by atoms with Gasteiger partial charge in [0.15, 0.2) is 0 Å². The van der Waals surface area contributed by atoms with Crippen LogP contribution in [-0.2, 0) is 16.6 Å². The molecule has 2 aromatic rings. The normalized spacial score (nSPS) is 17.6. The van der Waals surface area contributed by atoms with Gasteiger partial charge in [-0.3, -0.25) is 4.90 Å². The van der Waals surface area contributed by atoms with Crippen LogP contribution in [0.15, 0.2) is 53.4 Å². The van der Waals surface area contributed by atoms with E-state index in [4.69, 9.17) is 5.26 Å². The van der Waals surface area contributed by atoms with Crippen molar-refractivity contribution in [3.63, 3.8) is 0 Å². The Morgan fingerprint density at radius 2 is 2.00 bits per heavy atom. The molecule has 0 aliphatic carbocycles. The molecule has 1 saturated heterocycles. The van der Waals surface area contributed by atoms with E-state index in [1.165, 1.54) is 30.3 Å². The molecule has 0 radical (unpaired) electrons. The van der Waals surface area contributed by atoms with Crippen molar-refractivity contribution in [3.05, 3.63) is 59.7 Å². The fourth-order valence-electron chi connectivity index (χ4n) is 3.13. The van der Waals surface area contributed by atoms with Crippen molar-refractivity contribution >= 4 is 10.0 Å². The molecule has 148 valence electrons. The number of hydrogen-bond acceptors (Lipinski definition) is 5. The number of likely N-dealkylation sites (tertiary alicyclic amines) is 1. The van der Waals surface area contributed by atoms with E-state index < -0.39 is 16.6 Å². The SMILES string of the molecule is N#Cc1cccc(S(=O)(=O)N[C@@H]2CCN(Cc3ccc(OC(F)F)cc3)C2)c1. The van der Waals surface area contributed by atoms with Gasteiger partial charge in [-0.2, -0.15) is 14.0 Å². The van der Waals surface area contributed by atoms with E-state index >= 15 is 0 Å². The summed E-state index contributed by atoms with van der Waals surface area (Å²) in [6.07, 6.45) is 0.656. The van der Waals surface area contributed by atoms with Gasteiger partial charge in [0, 0.05) is 25.7 Å². The maximum Gasteiger partial charge on any atom is 0.387 e. The molecule has 0 spiro atoms. The zero-order valence-corrected chi connectivity index (χ0v) is 15.7. The first-order valence-corrected chi connectivity index (χ1v) is 10.1. The molecule has 1 heterocycles. The zero-order valence-electron chi connectivity index (χ0n) is 14.9. The van der Waals surface area contributed by atoms with Crippen molar-refractivity contribution in [2.75, 3.05) is 13.1 Å². The van der Waals surface area contributed by atoms with Gasteiger partial charge in [0.2, 0.25) is 10.0 Å². The minimum Gasteiger partial charge on any atom is -0.435 e. The van der Waals surface area contributed by atoms with Crippen LogP contribution in [0.5, 0.6) is 5.75 Å². The second-order valence-corrected chi connectivity index (χ2v) is 8.22. The van der Waals surface area contributed by atoms with Crippen LogP contribution in [0.4, 0.5) is 8.78 Å². The molecule has 1 aliphatic rings. The third-order valence-corrected chi connectivity index (χ3v) is 5.94. The molecule has 2 aromatic carbocycles. The van der Waals surface area contributed by atoms with E-state index in [0.717, 1.165) is 5.56 Å². The molecule has 3 rings (SSSR count). The Hall–Kier alpha value is -2.54. The summed E-state index contributed by atoms with van der Waals surface area (Å²) in [4.78, 5) is 2.15. The number of hydrogen-bond donors (Lipinski definition) is 1. The molecule has 0 unspecified atom stereocenters. The maximum absolute atomic E-state index is 12.5. The molecule has 28 heavy (non-hydrogen) atoms. The van der Waals surface area contributed by atoms with Crippen LogP contribution >= 0.6 is 0 Å². The Morgan fingerprint density at radius 1 is 1.25 bits per heavy atom. The van der Waals surface area contributed by atoms with E-state index in [-0.39, 0.29) is 22.3 Å². The molecular formula is C19H19F2N3O3S. The van der Waals surface area contributed by atoms with Crippen molar-refractivity contribution in [2.45, 2.75) is 30.5 Å². The molecule has 0 saturated carbocycles. The minimum atomic E-state index is -3.71. The number of halogens is 2. The average molecular weight is 407 g/mol. The summed E-state index contributed by atoms with van der Waals surface area (Å²) in [5, 5.41) is 8.93. The van der Waals surface area contributed by atoms with E-state index in [2.05, 4.69) is 14.4 Å². The summed E-state index contributed by atoms with van der Waals surface area (Å²) in [6.45, 7) is -1.03. The number of sulfonamides is 1. The van der Waals surface area contributed by atoms with Crippen molar-refractivity contribution < 1.29 is 21.9 Å². The Bertz CT molecular complexity index is 959. The highest BCUT2D eigenvalue weighted by molar-refractivity contribution is 7.89. The number of rotatable bonds is 7. The van der Waals surface area contributed by atoms with Crippen LogP contribution in [0.1, 0.15) is 17.5 Å². The summed E-state index contributed by atoms with van der Waals surface area (Å²) in [6, 6.07) is 14.0. The molecular weight excluding hydrogens is 388 g/mol. The van der Waals surface area contributed by atoms with Crippen LogP contribution in [0.3, 0.4) is 0 Å². The minimum absolute atomic E-state index is 0.0691. The number of nitrogens with one attached hydrogen (secondary N) is 1. The Balaban J connectivity index is 1.57. The maximum atomic E-state index is 12.5. The average Bonchev–Trinajstić information content (AvgIpc) is 3.09. The summed E-state index contributed by atoms with van der Waals surface area (Å²) in [5.74, 6) is 0.102. The van der Waals surface area contributed by atoms with Crippen LogP contribution in [-0.4, -0.2) is 39.1 Å². The number of benzene rings is 2. The summed E-state index contributed by atoms with van der Waals surface area (Å²) in [7, 11) is -3.71. The highest BCUT2D eigenvalue weighted by atomic mass is 32.2. The monoisotopic (exact) mass is 407 g/mol. The molecule has 0 aromatic heterocycles. The Morgan fingerprint density at radius 3 is 2.68 bits per heavy atom. The number of nitriles is 1. The van der Waals surface area contributed by atoms with Crippen LogP contribution in [0, 0.1) is 11.3 Å². The van der Waals surface area contributed by atoms with E-state index in [1.54, 1.807) is 18.2 Å². The van der Waals surface area contributed by atoms with Crippen molar-refractivity contribution in [1.29, 1.82) is 5.26 Å². The van der Waals surface area contributed by atoms with Gasteiger partial charge in [0.1, 0.15) is 5.75 Å². The molecule has 1 fully saturated rings. The number of ether oxygens (including phenoxy) is 1. The van der Waals surface area contributed by atoms with Crippen molar-refractivity contribution in [2.24, 2.45) is 0 Å². The molecule has 1 aliphatic heterocycles. The highest BCUT2D eigenvalue weighted by Gasteiger charge is 2.27. The molecule has 0 bridgehead atoms. The van der Waals surface area contributed by atoms with Gasteiger partial charge in [-0.1, -0.05) is 18.2 Å². The van der Waals surface area contributed by atoms with Gasteiger partial charge >= 0.3 is 6.61 Å². The lowest BCUT2D eigenvalue weighted by atomic mass is 10.2. The van der Waals surface area contributed by atoms with Gasteiger partial charge in [0.05, 0.1) is 16.5 Å². The van der Waals surface area contributed by atoms with Crippen LogP contribution in [0.25, 0.3) is 0 Å². The Kier molecular flexibility index (Phi) is 6.24. The van der Waals surface area contributed by atoms with Crippen LogP contribution in [0.2, 0.25) is 0 Å². The lowest BCUT2D eigenvalue weighted by molar-refractivity contribution is -0.0498. The van der Waals surface area contributed by atoms with E-state index in [9.17, 15) is 17.2 Å². The topological polar surface area (TPSA) is 82.4 Å². The lowest BCUT2D eigenvalue weighted by Crippen LogP contribution is -2.37. The van der Waals surface area contributed by atoms with Crippen LogP contribution < -0.4 is 9.46 Å². The van der Waals surface area contributed by atoms with Crippen molar-refractivity contribution in [1.82, 2.24) is 9.62 Å². The van der Waals surface area contributed by atoms with Gasteiger partial charge in [-0.25, -0.2) is 13.1 Å². The Labute approximate surface area is 162 Å². The third-order valence-electron chi connectivity index (χ3n) is 4.42.